The van der Waals surface area contributed by atoms with Crippen LogP contribution in [0.25, 0.3) is 0 Å². The lowest BCUT2D eigenvalue weighted by Crippen LogP contribution is -2.24. The second-order valence-corrected chi connectivity index (χ2v) is 4.41. The van der Waals surface area contributed by atoms with Crippen molar-refractivity contribution in [1.82, 2.24) is 10.3 Å². The van der Waals surface area contributed by atoms with E-state index in [9.17, 15) is 4.79 Å². The van der Waals surface area contributed by atoms with Gasteiger partial charge in [0, 0.05) is 12.7 Å². The van der Waals surface area contributed by atoms with Crippen LogP contribution in [0.1, 0.15) is 23.2 Å². The molecule has 1 aromatic rings. The van der Waals surface area contributed by atoms with Crippen molar-refractivity contribution in [2.45, 2.75) is 12.8 Å². The van der Waals surface area contributed by atoms with Gasteiger partial charge in [-0.25, -0.2) is 4.98 Å². The van der Waals surface area contributed by atoms with Crippen molar-refractivity contribution in [2.75, 3.05) is 24.3 Å². The lowest BCUT2D eigenvalue weighted by Gasteiger charge is -2.04. The van der Waals surface area contributed by atoms with Gasteiger partial charge in [0.15, 0.2) is 0 Å². The zero-order chi connectivity index (χ0) is 11.8. The number of amides is 1. The van der Waals surface area contributed by atoms with Crippen LogP contribution in [0, 0.1) is 0 Å². The Morgan fingerprint density at radius 1 is 1.50 bits per heavy atom. The number of aromatic nitrogens is 1. The van der Waals surface area contributed by atoms with Gasteiger partial charge < -0.3 is 11.1 Å². The Balaban J connectivity index is 2.27. The first kappa shape index (κ1) is 12.8. The first-order valence-corrected chi connectivity index (χ1v) is 6.62. The van der Waals surface area contributed by atoms with Crippen LogP contribution < -0.4 is 11.1 Å². The van der Waals surface area contributed by atoms with E-state index in [1.54, 1.807) is 12.1 Å². The lowest BCUT2D eigenvalue weighted by molar-refractivity contribution is 0.0953. The van der Waals surface area contributed by atoms with Crippen LogP contribution in [0.3, 0.4) is 0 Å². The number of rotatable bonds is 6. The van der Waals surface area contributed by atoms with Gasteiger partial charge in [0.1, 0.15) is 5.82 Å². The van der Waals surface area contributed by atoms with Gasteiger partial charge in [-0.2, -0.15) is 11.8 Å². The molecule has 1 heterocycles. The highest BCUT2D eigenvalue weighted by Crippen LogP contribution is 2.01. The Morgan fingerprint density at radius 2 is 2.31 bits per heavy atom. The number of thioether (sulfide) groups is 1. The van der Waals surface area contributed by atoms with Gasteiger partial charge in [-0.1, -0.05) is 0 Å². The van der Waals surface area contributed by atoms with Gasteiger partial charge in [0.25, 0.3) is 5.91 Å². The first-order chi connectivity index (χ1) is 7.74. The van der Waals surface area contributed by atoms with Crippen LogP contribution in [-0.4, -0.2) is 29.4 Å². The van der Waals surface area contributed by atoms with Crippen LogP contribution >= 0.6 is 11.8 Å². The van der Waals surface area contributed by atoms with Crippen molar-refractivity contribution < 1.29 is 4.79 Å². The summed E-state index contributed by atoms with van der Waals surface area (Å²) >= 11 is 1.82. The average molecular weight is 239 g/mol. The maximum absolute atomic E-state index is 11.6. The van der Waals surface area contributed by atoms with Gasteiger partial charge in [-0.3, -0.25) is 4.79 Å². The van der Waals surface area contributed by atoms with E-state index in [0.717, 1.165) is 18.6 Å². The topological polar surface area (TPSA) is 68.0 Å². The average Bonchev–Trinajstić information content (AvgIpc) is 2.29. The number of hydrogen-bond acceptors (Lipinski definition) is 4. The van der Waals surface area contributed by atoms with Crippen molar-refractivity contribution in [1.29, 1.82) is 0 Å². The van der Waals surface area contributed by atoms with E-state index < -0.39 is 0 Å². The van der Waals surface area contributed by atoms with Gasteiger partial charge in [0.2, 0.25) is 0 Å². The number of nitrogens with one attached hydrogen (secondary N) is 1. The third-order valence-electron chi connectivity index (χ3n) is 2.11. The zero-order valence-electron chi connectivity index (χ0n) is 9.40. The third kappa shape index (κ3) is 4.53. The van der Waals surface area contributed by atoms with E-state index in [-0.39, 0.29) is 5.91 Å². The van der Waals surface area contributed by atoms with E-state index in [1.165, 1.54) is 6.20 Å². The summed E-state index contributed by atoms with van der Waals surface area (Å²) in [6.07, 6.45) is 5.71. The molecule has 0 radical (unpaired) electrons. The minimum Gasteiger partial charge on any atom is -0.384 e. The molecule has 1 amide bonds. The molecule has 0 aliphatic heterocycles. The molecule has 0 aliphatic rings. The SMILES string of the molecule is CSCCCCNC(=O)c1ccc(N)nc1. The number of carbonyl (C=O) groups excluding carboxylic acids is 1. The molecule has 0 unspecified atom stereocenters. The normalized spacial score (nSPS) is 10.1. The quantitative estimate of drug-likeness (QED) is 0.739. The fourth-order valence-corrected chi connectivity index (χ4v) is 1.71. The van der Waals surface area contributed by atoms with Gasteiger partial charge in [-0.15, -0.1) is 0 Å². The molecule has 0 bridgehead atoms. The summed E-state index contributed by atoms with van der Waals surface area (Å²) in [6.45, 7) is 0.712. The summed E-state index contributed by atoms with van der Waals surface area (Å²) in [5, 5.41) is 2.85. The molecule has 1 aromatic heterocycles. The maximum atomic E-state index is 11.6. The molecule has 88 valence electrons. The summed E-state index contributed by atoms with van der Waals surface area (Å²) < 4.78 is 0. The number of nitrogens with zero attached hydrogens (tertiary/aromatic N) is 1. The molecule has 0 saturated carbocycles. The number of pyridine rings is 1. The van der Waals surface area contributed by atoms with E-state index in [2.05, 4.69) is 16.6 Å². The second kappa shape index (κ2) is 7.11. The third-order valence-corrected chi connectivity index (χ3v) is 2.81. The van der Waals surface area contributed by atoms with Gasteiger partial charge >= 0.3 is 0 Å². The fraction of sp³-hybridized carbons (Fsp3) is 0.455. The molecule has 5 heteroatoms. The van der Waals surface area contributed by atoms with Crippen LogP contribution in [-0.2, 0) is 0 Å². The summed E-state index contributed by atoms with van der Waals surface area (Å²) in [6, 6.07) is 3.31. The summed E-state index contributed by atoms with van der Waals surface area (Å²) in [7, 11) is 0. The molecule has 1 rings (SSSR count). The number of unbranched alkanes of at least 4 members (excludes halogenated alkanes) is 1. The highest BCUT2D eigenvalue weighted by Gasteiger charge is 2.04. The van der Waals surface area contributed by atoms with Crippen molar-refractivity contribution in [2.24, 2.45) is 0 Å². The van der Waals surface area contributed by atoms with Crippen LogP contribution in [0.15, 0.2) is 18.3 Å². The van der Waals surface area contributed by atoms with E-state index in [4.69, 9.17) is 5.73 Å². The molecule has 4 nitrogen and oxygen atoms in total. The summed E-state index contributed by atoms with van der Waals surface area (Å²) in [5.41, 5.74) is 5.99. The number of anilines is 1. The lowest BCUT2D eigenvalue weighted by atomic mass is 10.2. The maximum Gasteiger partial charge on any atom is 0.252 e. The predicted octanol–water partition coefficient (Wildman–Crippen LogP) is 1.54. The van der Waals surface area contributed by atoms with E-state index in [1.807, 2.05) is 11.8 Å². The van der Waals surface area contributed by atoms with E-state index in [0.29, 0.717) is 17.9 Å². The molecule has 0 atom stereocenters. The zero-order valence-corrected chi connectivity index (χ0v) is 10.2. The van der Waals surface area contributed by atoms with Crippen molar-refractivity contribution in [3.63, 3.8) is 0 Å². The number of hydrogen-bond donors (Lipinski definition) is 2. The second-order valence-electron chi connectivity index (χ2n) is 3.43. The smallest absolute Gasteiger partial charge is 0.252 e. The Labute approximate surface area is 100 Å². The first-order valence-electron chi connectivity index (χ1n) is 5.22. The van der Waals surface area contributed by atoms with Gasteiger partial charge in [0.05, 0.1) is 5.56 Å². The highest BCUT2D eigenvalue weighted by atomic mass is 32.2. The number of carbonyl (C=O) groups is 1. The minimum atomic E-state index is -0.0864. The van der Waals surface area contributed by atoms with E-state index >= 15 is 0 Å². The Bertz CT molecular complexity index is 327. The van der Waals surface area contributed by atoms with Crippen molar-refractivity contribution >= 4 is 23.5 Å². The molecular formula is C11H17N3OS. The molecule has 0 spiro atoms. The van der Waals surface area contributed by atoms with Crippen molar-refractivity contribution in [3.8, 4) is 0 Å². The van der Waals surface area contributed by atoms with Crippen LogP contribution in [0.2, 0.25) is 0 Å². The standard InChI is InChI=1S/C11H17N3OS/c1-16-7-3-2-6-13-11(15)9-4-5-10(12)14-8-9/h4-5,8H,2-3,6-7H2,1H3,(H2,12,14)(H,13,15). The largest absolute Gasteiger partial charge is 0.384 e. The molecular weight excluding hydrogens is 222 g/mol. The van der Waals surface area contributed by atoms with Crippen molar-refractivity contribution in [3.05, 3.63) is 23.9 Å². The minimum absolute atomic E-state index is 0.0864. The molecule has 0 fully saturated rings. The molecule has 16 heavy (non-hydrogen) atoms. The Morgan fingerprint density at radius 3 is 2.94 bits per heavy atom. The molecule has 0 aromatic carbocycles. The van der Waals surface area contributed by atoms with Crippen LogP contribution in [0.5, 0.6) is 0 Å². The highest BCUT2D eigenvalue weighted by molar-refractivity contribution is 7.98. The van der Waals surface area contributed by atoms with Gasteiger partial charge in [-0.05, 0) is 37.0 Å². The molecule has 3 N–H and O–H groups in total. The predicted molar refractivity (Wildman–Crippen MR) is 68.6 cm³/mol. The van der Waals surface area contributed by atoms with Crippen LogP contribution in [0.4, 0.5) is 5.82 Å². The summed E-state index contributed by atoms with van der Waals surface area (Å²) in [5.74, 6) is 1.48. The Hall–Kier alpha value is -1.23. The summed E-state index contributed by atoms with van der Waals surface area (Å²) in [4.78, 5) is 15.5. The Kier molecular flexibility index (Phi) is 5.71. The number of nitrogens with two attached hydrogens (primary N) is 1. The number of nitrogen functional groups attached to an aromatic ring is 1. The molecule has 0 saturated heterocycles. The monoisotopic (exact) mass is 239 g/mol. The fourth-order valence-electron chi connectivity index (χ4n) is 1.21. The molecule has 0 aliphatic carbocycles.